The smallest absolute Gasteiger partial charge is 0.313 e. The van der Waals surface area contributed by atoms with Gasteiger partial charge >= 0.3 is 5.97 Å². The van der Waals surface area contributed by atoms with Gasteiger partial charge in [-0.15, -0.1) is 6.42 Å². The Morgan fingerprint density at radius 1 is 1.70 bits per heavy atom. The Bertz CT molecular complexity index is 194. The summed E-state index contributed by atoms with van der Waals surface area (Å²) in [7, 11) is 0. The van der Waals surface area contributed by atoms with Crippen molar-refractivity contribution in [3.63, 3.8) is 0 Å². The van der Waals surface area contributed by atoms with E-state index < -0.39 is 0 Å². The van der Waals surface area contributed by atoms with E-state index in [9.17, 15) is 4.79 Å². The number of allylic oxidation sites excluding steroid dienone is 1. The summed E-state index contributed by atoms with van der Waals surface area (Å²) in [5, 5.41) is 0. The monoisotopic (exact) mass is 136 g/mol. The summed E-state index contributed by atoms with van der Waals surface area (Å²) in [5.41, 5.74) is 0. The maximum absolute atomic E-state index is 10.7. The minimum absolute atomic E-state index is 0.141. The van der Waals surface area contributed by atoms with E-state index in [0.717, 1.165) is 12.8 Å². The average Bonchev–Trinajstić information content (AvgIpc) is 2.69. The van der Waals surface area contributed by atoms with E-state index in [1.165, 1.54) is 12.3 Å². The molecular formula is C8H8O2. The molecule has 1 aliphatic carbocycles. The Kier molecular flexibility index (Phi) is 2.11. The number of esters is 1. The molecule has 0 saturated heterocycles. The maximum Gasteiger partial charge on any atom is 0.313 e. The van der Waals surface area contributed by atoms with Crippen LogP contribution < -0.4 is 0 Å². The van der Waals surface area contributed by atoms with Crippen LogP contribution in [0.15, 0.2) is 12.3 Å². The molecule has 2 heteroatoms. The molecular weight excluding hydrogens is 128 g/mol. The van der Waals surface area contributed by atoms with Gasteiger partial charge in [0.2, 0.25) is 0 Å². The third-order valence-corrected chi connectivity index (χ3v) is 1.26. The minimum atomic E-state index is -0.161. The Hall–Kier alpha value is -1.23. The molecule has 0 radical (unpaired) electrons. The van der Waals surface area contributed by atoms with Crippen molar-refractivity contribution in [2.45, 2.75) is 12.8 Å². The molecule has 0 spiro atoms. The lowest BCUT2D eigenvalue weighted by molar-refractivity contribution is -0.139. The van der Waals surface area contributed by atoms with Crippen LogP contribution in [0.25, 0.3) is 0 Å². The molecule has 52 valence electrons. The van der Waals surface area contributed by atoms with Gasteiger partial charge in [-0.3, -0.25) is 4.79 Å². The molecule has 0 aliphatic heterocycles. The molecule has 0 aromatic carbocycles. The van der Waals surface area contributed by atoms with Crippen molar-refractivity contribution in [2.75, 3.05) is 0 Å². The topological polar surface area (TPSA) is 26.3 Å². The Morgan fingerprint density at radius 3 is 2.90 bits per heavy atom. The summed E-state index contributed by atoms with van der Waals surface area (Å²) in [5.74, 6) is 2.21. The molecule has 1 aliphatic rings. The van der Waals surface area contributed by atoms with Crippen LogP contribution in [0, 0.1) is 18.3 Å². The first kappa shape index (κ1) is 6.88. The highest BCUT2D eigenvalue weighted by molar-refractivity contribution is 5.75. The number of terminal acetylenes is 1. The molecule has 0 unspecified atom stereocenters. The number of ether oxygens (including phenoxy) is 1. The predicted molar refractivity (Wildman–Crippen MR) is 36.8 cm³/mol. The van der Waals surface area contributed by atoms with Crippen LogP contribution in [0.1, 0.15) is 12.8 Å². The molecule has 2 nitrogen and oxygen atoms in total. The lowest BCUT2D eigenvalue weighted by Crippen LogP contribution is -2.00. The minimum Gasteiger partial charge on any atom is -0.434 e. The van der Waals surface area contributed by atoms with Crippen LogP contribution >= 0.6 is 0 Å². The molecule has 1 fully saturated rings. The van der Waals surface area contributed by atoms with Crippen LogP contribution in [0.5, 0.6) is 0 Å². The first-order valence-corrected chi connectivity index (χ1v) is 3.16. The van der Waals surface area contributed by atoms with Crippen LogP contribution in [-0.2, 0) is 9.53 Å². The molecule has 10 heavy (non-hydrogen) atoms. The van der Waals surface area contributed by atoms with Crippen molar-refractivity contribution in [2.24, 2.45) is 5.92 Å². The quantitative estimate of drug-likeness (QED) is 0.322. The molecule has 0 N–H and O–H groups in total. The van der Waals surface area contributed by atoms with Crippen LogP contribution in [0.3, 0.4) is 0 Å². The zero-order valence-electron chi connectivity index (χ0n) is 5.54. The van der Waals surface area contributed by atoms with Crippen LogP contribution in [0.4, 0.5) is 0 Å². The van der Waals surface area contributed by atoms with Crippen molar-refractivity contribution >= 4 is 5.97 Å². The predicted octanol–water partition coefficient (Wildman–Crippen LogP) is 1.09. The van der Waals surface area contributed by atoms with Gasteiger partial charge in [-0.2, -0.15) is 0 Å². The molecule has 1 rings (SSSR count). The van der Waals surface area contributed by atoms with Crippen LogP contribution in [0.2, 0.25) is 0 Å². The van der Waals surface area contributed by atoms with Crippen molar-refractivity contribution in [3.8, 4) is 12.3 Å². The summed E-state index contributed by atoms with van der Waals surface area (Å²) < 4.78 is 4.64. The Labute approximate surface area is 59.9 Å². The SMILES string of the molecule is C#CC=COC(=O)C1CC1. The second-order valence-electron chi connectivity index (χ2n) is 2.18. The lowest BCUT2D eigenvalue weighted by atomic mass is 10.4. The van der Waals surface area contributed by atoms with Gasteiger partial charge in [-0.05, 0) is 12.8 Å². The van der Waals surface area contributed by atoms with E-state index >= 15 is 0 Å². The van der Waals surface area contributed by atoms with E-state index in [4.69, 9.17) is 6.42 Å². The van der Waals surface area contributed by atoms with Crippen LogP contribution in [-0.4, -0.2) is 5.97 Å². The van der Waals surface area contributed by atoms with E-state index in [1.54, 1.807) is 0 Å². The molecule has 1 saturated carbocycles. The molecule has 0 aromatic rings. The van der Waals surface area contributed by atoms with Gasteiger partial charge in [0.25, 0.3) is 0 Å². The molecule has 0 aromatic heterocycles. The van der Waals surface area contributed by atoms with Gasteiger partial charge in [0.1, 0.15) is 6.26 Å². The Balaban J connectivity index is 2.19. The third-order valence-electron chi connectivity index (χ3n) is 1.26. The highest BCUT2D eigenvalue weighted by Gasteiger charge is 2.30. The van der Waals surface area contributed by atoms with E-state index in [-0.39, 0.29) is 11.9 Å². The highest BCUT2D eigenvalue weighted by Crippen LogP contribution is 2.29. The zero-order chi connectivity index (χ0) is 7.40. The fraction of sp³-hybridized carbons (Fsp3) is 0.375. The molecule has 0 amide bonds. The third kappa shape index (κ3) is 1.94. The van der Waals surface area contributed by atoms with Crippen molar-refractivity contribution in [3.05, 3.63) is 12.3 Å². The van der Waals surface area contributed by atoms with Gasteiger partial charge in [-0.1, -0.05) is 5.92 Å². The largest absolute Gasteiger partial charge is 0.434 e. The number of hydrogen-bond acceptors (Lipinski definition) is 2. The number of carbonyl (C=O) groups excluding carboxylic acids is 1. The first-order chi connectivity index (χ1) is 4.84. The molecule has 0 bridgehead atoms. The second-order valence-corrected chi connectivity index (χ2v) is 2.18. The van der Waals surface area contributed by atoms with Gasteiger partial charge < -0.3 is 4.74 Å². The fourth-order valence-corrected chi connectivity index (χ4v) is 0.556. The van der Waals surface area contributed by atoms with Crippen molar-refractivity contribution in [1.29, 1.82) is 0 Å². The summed E-state index contributed by atoms with van der Waals surface area (Å²) in [6, 6.07) is 0. The molecule has 0 heterocycles. The van der Waals surface area contributed by atoms with Gasteiger partial charge in [0, 0.05) is 6.08 Å². The van der Waals surface area contributed by atoms with Crippen molar-refractivity contribution < 1.29 is 9.53 Å². The van der Waals surface area contributed by atoms with Gasteiger partial charge in [0.05, 0.1) is 5.92 Å². The normalized spacial score (nSPS) is 16.7. The summed E-state index contributed by atoms with van der Waals surface area (Å²) in [6.07, 6.45) is 9.41. The van der Waals surface area contributed by atoms with Gasteiger partial charge in [0.15, 0.2) is 0 Å². The fourth-order valence-electron chi connectivity index (χ4n) is 0.556. The van der Waals surface area contributed by atoms with Crippen molar-refractivity contribution in [1.82, 2.24) is 0 Å². The van der Waals surface area contributed by atoms with E-state index in [1.807, 2.05) is 0 Å². The maximum atomic E-state index is 10.7. The highest BCUT2D eigenvalue weighted by atomic mass is 16.5. The summed E-state index contributed by atoms with van der Waals surface area (Å²) in [4.78, 5) is 10.7. The number of carbonyl (C=O) groups is 1. The van der Waals surface area contributed by atoms with E-state index in [0.29, 0.717) is 0 Å². The molecule has 0 atom stereocenters. The lowest BCUT2D eigenvalue weighted by Gasteiger charge is -1.91. The average molecular weight is 136 g/mol. The Morgan fingerprint density at radius 2 is 2.40 bits per heavy atom. The second kappa shape index (κ2) is 3.07. The first-order valence-electron chi connectivity index (χ1n) is 3.16. The zero-order valence-corrected chi connectivity index (χ0v) is 5.54. The number of rotatable bonds is 2. The van der Waals surface area contributed by atoms with E-state index in [2.05, 4.69) is 10.7 Å². The standard InChI is InChI=1S/C8H8O2/c1-2-3-6-10-8(9)7-4-5-7/h1,3,6-7H,4-5H2. The summed E-state index contributed by atoms with van der Waals surface area (Å²) >= 11 is 0. The summed E-state index contributed by atoms with van der Waals surface area (Å²) in [6.45, 7) is 0. The number of hydrogen-bond donors (Lipinski definition) is 0. The van der Waals surface area contributed by atoms with Gasteiger partial charge in [-0.25, -0.2) is 0 Å².